The minimum absolute atomic E-state index is 0.0245. The average Bonchev–Trinajstić information content (AvgIpc) is 2.98. The number of aromatic nitrogens is 1. The number of aromatic amines is 1. The Labute approximate surface area is 123 Å². The van der Waals surface area contributed by atoms with Gasteiger partial charge in [-0.1, -0.05) is 30.3 Å². The summed E-state index contributed by atoms with van der Waals surface area (Å²) in [7, 11) is 0. The molecule has 0 aliphatic heterocycles. The van der Waals surface area contributed by atoms with Crippen molar-refractivity contribution in [2.45, 2.75) is 19.4 Å². The van der Waals surface area contributed by atoms with Gasteiger partial charge in [-0.05, 0) is 25.0 Å². The van der Waals surface area contributed by atoms with Crippen LogP contribution in [0.2, 0.25) is 0 Å². The third-order valence-electron chi connectivity index (χ3n) is 3.26. The lowest BCUT2D eigenvalue weighted by atomic mass is 10.0. The van der Waals surface area contributed by atoms with Crippen LogP contribution < -0.4 is 5.32 Å². The molecule has 0 spiro atoms. The number of aliphatic hydroxyl groups excluding tert-OH is 1. The van der Waals surface area contributed by atoms with Gasteiger partial charge in [-0.3, -0.25) is 9.59 Å². The Morgan fingerprint density at radius 2 is 2.00 bits per heavy atom. The van der Waals surface area contributed by atoms with Crippen LogP contribution in [0.1, 0.15) is 45.8 Å². The molecular formula is C16H18N2O3. The molecule has 0 saturated heterocycles. The van der Waals surface area contributed by atoms with Gasteiger partial charge in [0.05, 0.1) is 6.04 Å². The Balaban J connectivity index is 2.12. The van der Waals surface area contributed by atoms with Crippen LogP contribution in [0.25, 0.3) is 0 Å². The van der Waals surface area contributed by atoms with Crippen LogP contribution in [-0.4, -0.2) is 28.4 Å². The predicted molar refractivity (Wildman–Crippen MR) is 79.1 cm³/mol. The monoisotopic (exact) mass is 286 g/mol. The van der Waals surface area contributed by atoms with E-state index < -0.39 is 0 Å². The van der Waals surface area contributed by atoms with E-state index in [1.165, 1.54) is 19.2 Å². The normalized spacial score (nSPS) is 11.9. The molecule has 21 heavy (non-hydrogen) atoms. The lowest BCUT2D eigenvalue weighted by Gasteiger charge is -2.17. The summed E-state index contributed by atoms with van der Waals surface area (Å²) < 4.78 is 0. The van der Waals surface area contributed by atoms with Crippen LogP contribution in [0.4, 0.5) is 0 Å². The molecule has 3 N–H and O–H groups in total. The van der Waals surface area contributed by atoms with Crippen molar-refractivity contribution in [3.05, 3.63) is 59.4 Å². The number of ketones is 1. The topological polar surface area (TPSA) is 82.2 Å². The van der Waals surface area contributed by atoms with Gasteiger partial charge in [0.15, 0.2) is 5.78 Å². The summed E-state index contributed by atoms with van der Waals surface area (Å²) in [5.74, 6) is -0.398. The van der Waals surface area contributed by atoms with Crippen LogP contribution in [0, 0.1) is 0 Å². The molecule has 1 aromatic carbocycles. The van der Waals surface area contributed by atoms with Crippen molar-refractivity contribution >= 4 is 11.7 Å². The second-order valence-electron chi connectivity index (χ2n) is 4.81. The first-order chi connectivity index (χ1) is 10.1. The molecule has 5 heteroatoms. The first-order valence-corrected chi connectivity index (χ1v) is 6.78. The Morgan fingerprint density at radius 1 is 1.29 bits per heavy atom. The smallest absolute Gasteiger partial charge is 0.268 e. The third kappa shape index (κ3) is 3.79. The van der Waals surface area contributed by atoms with Gasteiger partial charge in [-0.25, -0.2) is 0 Å². The van der Waals surface area contributed by atoms with E-state index in [1.807, 2.05) is 30.3 Å². The van der Waals surface area contributed by atoms with Gasteiger partial charge in [0, 0.05) is 18.4 Å². The highest BCUT2D eigenvalue weighted by Crippen LogP contribution is 2.17. The largest absolute Gasteiger partial charge is 0.396 e. The van der Waals surface area contributed by atoms with Gasteiger partial charge in [-0.2, -0.15) is 0 Å². The molecule has 5 nitrogen and oxygen atoms in total. The number of carbonyl (C=O) groups excluding carboxylic acids is 2. The van der Waals surface area contributed by atoms with Crippen LogP contribution >= 0.6 is 0 Å². The summed E-state index contributed by atoms with van der Waals surface area (Å²) in [6.45, 7) is 1.42. The van der Waals surface area contributed by atoms with E-state index in [-0.39, 0.29) is 24.3 Å². The number of nitrogens with one attached hydrogen (secondary N) is 2. The van der Waals surface area contributed by atoms with E-state index in [9.17, 15) is 9.59 Å². The number of benzene rings is 1. The molecule has 1 atom stereocenters. The van der Waals surface area contributed by atoms with Crippen molar-refractivity contribution in [1.29, 1.82) is 0 Å². The second kappa shape index (κ2) is 6.85. The summed E-state index contributed by atoms with van der Waals surface area (Å²) in [4.78, 5) is 26.2. The molecule has 0 bridgehead atoms. The van der Waals surface area contributed by atoms with Crippen molar-refractivity contribution in [2.75, 3.05) is 6.61 Å². The highest BCUT2D eigenvalue weighted by molar-refractivity contribution is 5.99. The maximum absolute atomic E-state index is 12.2. The summed E-state index contributed by atoms with van der Waals surface area (Å²) >= 11 is 0. The third-order valence-corrected chi connectivity index (χ3v) is 3.26. The molecule has 1 aromatic heterocycles. The van der Waals surface area contributed by atoms with Crippen molar-refractivity contribution in [3.63, 3.8) is 0 Å². The number of Topliss-reactive ketones (excluding diaryl/α,β-unsaturated/α-hetero) is 1. The fourth-order valence-electron chi connectivity index (χ4n) is 2.10. The molecule has 1 amide bonds. The highest BCUT2D eigenvalue weighted by Gasteiger charge is 2.17. The lowest BCUT2D eigenvalue weighted by Crippen LogP contribution is -2.29. The summed E-state index contributed by atoms with van der Waals surface area (Å²) in [5, 5.41) is 12.0. The Hall–Kier alpha value is -2.40. The first-order valence-electron chi connectivity index (χ1n) is 6.78. The molecule has 0 aliphatic rings. The van der Waals surface area contributed by atoms with E-state index in [0.29, 0.717) is 17.7 Å². The van der Waals surface area contributed by atoms with Crippen molar-refractivity contribution in [1.82, 2.24) is 10.3 Å². The van der Waals surface area contributed by atoms with Crippen LogP contribution in [0.15, 0.2) is 42.6 Å². The fraction of sp³-hybridized carbons (Fsp3) is 0.250. The molecule has 110 valence electrons. The molecular weight excluding hydrogens is 268 g/mol. The maximum atomic E-state index is 12.2. The van der Waals surface area contributed by atoms with Gasteiger partial charge in [0.25, 0.3) is 5.91 Å². The van der Waals surface area contributed by atoms with Gasteiger partial charge in [0.2, 0.25) is 0 Å². The molecule has 0 fully saturated rings. The zero-order chi connectivity index (χ0) is 15.2. The molecule has 1 unspecified atom stereocenters. The van der Waals surface area contributed by atoms with E-state index in [2.05, 4.69) is 10.3 Å². The van der Waals surface area contributed by atoms with Crippen LogP contribution in [-0.2, 0) is 0 Å². The second-order valence-corrected chi connectivity index (χ2v) is 4.81. The van der Waals surface area contributed by atoms with Gasteiger partial charge >= 0.3 is 0 Å². The molecule has 0 saturated carbocycles. The molecule has 2 aromatic rings. The number of hydrogen-bond acceptors (Lipinski definition) is 3. The van der Waals surface area contributed by atoms with Gasteiger partial charge in [0.1, 0.15) is 5.69 Å². The van der Waals surface area contributed by atoms with E-state index in [4.69, 9.17) is 5.11 Å². The van der Waals surface area contributed by atoms with E-state index in [1.54, 1.807) is 0 Å². The quantitative estimate of drug-likeness (QED) is 0.711. The SMILES string of the molecule is CC(=O)c1c[nH]c(C(=O)NC(CCO)c2ccccc2)c1. The Morgan fingerprint density at radius 3 is 2.57 bits per heavy atom. The maximum Gasteiger partial charge on any atom is 0.268 e. The standard InChI is InChI=1S/C16H18N2O3/c1-11(20)13-9-15(17-10-13)16(21)18-14(7-8-19)12-5-3-2-4-6-12/h2-6,9-10,14,17,19H,7-8H2,1H3,(H,18,21). The van der Waals surface area contributed by atoms with Crippen molar-refractivity contribution < 1.29 is 14.7 Å². The lowest BCUT2D eigenvalue weighted by molar-refractivity contribution is 0.0925. The number of H-pyrrole nitrogens is 1. The molecule has 0 radical (unpaired) electrons. The van der Waals surface area contributed by atoms with E-state index >= 15 is 0 Å². The minimum Gasteiger partial charge on any atom is -0.396 e. The highest BCUT2D eigenvalue weighted by atomic mass is 16.3. The van der Waals surface area contributed by atoms with Crippen molar-refractivity contribution in [2.24, 2.45) is 0 Å². The predicted octanol–water partition coefficient (Wildman–Crippen LogP) is 2.07. The zero-order valence-electron chi connectivity index (χ0n) is 11.8. The summed E-state index contributed by atoms with van der Waals surface area (Å²) in [6, 6.07) is 10.7. The number of amides is 1. The molecule has 1 heterocycles. The minimum atomic E-state index is -0.301. The number of aliphatic hydroxyl groups is 1. The molecule has 0 aliphatic carbocycles. The van der Waals surface area contributed by atoms with E-state index in [0.717, 1.165) is 5.56 Å². The van der Waals surface area contributed by atoms with Gasteiger partial charge in [-0.15, -0.1) is 0 Å². The average molecular weight is 286 g/mol. The number of hydrogen-bond donors (Lipinski definition) is 3. The van der Waals surface area contributed by atoms with Crippen molar-refractivity contribution in [3.8, 4) is 0 Å². The molecule has 2 rings (SSSR count). The number of rotatable bonds is 6. The summed E-state index contributed by atoms with van der Waals surface area (Å²) in [5.41, 5.74) is 1.73. The first kappa shape index (κ1) is 15.0. The Bertz CT molecular complexity index is 619. The van der Waals surface area contributed by atoms with Gasteiger partial charge < -0.3 is 15.4 Å². The zero-order valence-corrected chi connectivity index (χ0v) is 11.8. The van der Waals surface area contributed by atoms with Crippen LogP contribution in [0.5, 0.6) is 0 Å². The fourth-order valence-corrected chi connectivity index (χ4v) is 2.10. The Kier molecular flexibility index (Phi) is 4.90. The number of carbonyl (C=O) groups is 2. The summed E-state index contributed by atoms with van der Waals surface area (Å²) in [6.07, 6.45) is 1.94. The van der Waals surface area contributed by atoms with Crippen LogP contribution in [0.3, 0.4) is 0 Å².